The molecule has 1 aliphatic heterocycles. The van der Waals surface area contributed by atoms with E-state index in [-0.39, 0.29) is 23.8 Å². The molecule has 4 aromatic rings. The van der Waals surface area contributed by atoms with E-state index in [1.54, 1.807) is 19.2 Å². The Morgan fingerprint density at radius 1 is 0.923 bits per heavy atom. The fourth-order valence-electron chi connectivity index (χ4n) is 5.20. The predicted octanol–water partition coefficient (Wildman–Crippen LogP) is 4.93. The Balaban J connectivity index is 0.00000172. The maximum Gasteiger partial charge on any atom is 0.349 e. The molecule has 0 amide bonds. The minimum Gasteiger partial charge on any atom is -0.349 e. The van der Waals surface area contributed by atoms with E-state index < -0.39 is 0 Å². The van der Waals surface area contributed by atoms with E-state index in [1.165, 1.54) is 15.7 Å². The van der Waals surface area contributed by atoms with Crippen LogP contribution in [0, 0.1) is 25.2 Å². The first-order valence-electron chi connectivity index (χ1n) is 13.6. The molecule has 39 heavy (non-hydrogen) atoms. The summed E-state index contributed by atoms with van der Waals surface area (Å²) in [5.74, 6) is 0.537. The minimum atomic E-state index is -0.335. The molecule has 3 unspecified atom stereocenters. The van der Waals surface area contributed by atoms with Gasteiger partial charge in [0.1, 0.15) is 17.3 Å². The lowest BCUT2D eigenvalue weighted by Crippen LogP contribution is -2.58. The molecule has 3 atom stereocenters. The van der Waals surface area contributed by atoms with Crippen molar-refractivity contribution in [2.75, 3.05) is 18.0 Å². The van der Waals surface area contributed by atoms with Crippen LogP contribution >= 0.6 is 0 Å². The summed E-state index contributed by atoms with van der Waals surface area (Å²) in [7, 11) is 1.68. The monoisotopic (exact) mass is 523 g/mol. The number of rotatable bonds is 4. The van der Waals surface area contributed by atoms with Crippen LogP contribution in [0.2, 0.25) is 0 Å². The van der Waals surface area contributed by atoms with E-state index in [0.29, 0.717) is 29.1 Å². The van der Waals surface area contributed by atoms with Gasteiger partial charge in [-0.25, -0.2) is 9.78 Å². The van der Waals surface area contributed by atoms with Gasteiger partial charge >= 0.3 is 5.69 Å². The highest BCUT2D eigenvalue weighted by Crippen LogP contribution is 2.34. The highest BCUT2D eigenvalue weighted by atomic mass is 16.1. The number of aryl methyl sites for hydroxylation is 3. The molecule has 5 rings (SSSR count). The van der Waals surface area contributed by atoms with Crippen LogP contribution in [-0.4, -0.2) is 49.6 Å². The molecule has 1 aromatic carbocycles. The van der Waals surface area contributed by atoms with Gasteiger partial charge in [-0.2, -0.15) is 10.2 Å². The van der Waals surface area contributed by atoms with Gasteiger partial charge in [0.2, 0.25) is 0 Å². The molecule has 0 radical (unpaired) electrons. The Labute approximate surface area is 230 Å². The molecule has 1 saturated heterocycles. The van der Waals surface area contributed by atoms with E-state index in [4.69, 9.17) is 4.98 Å². The van der Waals surface area contributed by atoms with Gasteiger partial charge in [0, 0.05) is 38.4 Å². The van der Waals surface area contributed by atoms with Crippen molar-refractivity contribution in [3.8, 4) is 6.07 Å². The molecular weight excluding hydrogens is 486 g/mol. The van der Waals surface area contributed by atoms with Crippen LogP contribution in [0.25, 0.3) is 11.0 Å². The highest BCUT2D eigenvalue weighted by Gasteiger charge is 2.37. The average Bonchev–Trinajstić information content (AvgIpc) is 2.95. The van der Waals surface area contributed by atoms with Crippen LogP contribution in [0.5, 0.6) is 0 Å². The van der Waals surface area contributed by atoms with Crippen LogP contribution in [0.1, 0.15) is 61.8 Å². The van der Waals surface area contributed by atoms with Crippen molar-refractivity contribution in [2.24, 2.45) is 7.05 Å². The van der Waals surface area contributed by atoms with E-state index in [0.717, 1.165) is 17.8 Å². The number of nitrogens with zero attached hydrogens (tertiary/aromatic N) is 7. The highest BCUT2D eigenvalue weighted by molar-refractivity contribution is 5.86. The first kappa shape index (κ1) is 27.9. The normalized spacial score (nSPS) is 18.3. The molecule has 1 fully saturated rings. The standard InChI is InChI=1S/C29H31N7O.C2H6/c1-18-6-9-22(10-7-18)27(24-12-8-19(2)15-31-24)35-16-21(4)36(17-20(35)3)28-26-25(34(5)29(37)33-28)13-11-23(14-30)32-26;1-2/h6-13,15,20-21,27H,16-17H2,1-5H3;1-2H3. The van der Waals surface area contributed by atoms with Crippen LogP contribution in [-0.2, 0) is 7.05 Å². The number of benzene rings is 1. The van der Waals surface area contributed by atoms with Crippen molar-refractivity contribution in [1.29, 1.82) is 5.26 Å². The lowest BCUT2D eigenvalue weighted by atomic mass is 9.95. The van der Waals surface area contributed by atoms with Crippen molar-refractivity contribution in [3.63, 3.8) is 0 Å². The number of nitriles is 1. The molecule has 0 bridgehead atoms. The van der Waals surface area contributed by atoms with Gasteiger partial charge in [0.15, 0.2) is 5.82 Å². The third-order valence-corrected chi connectivity index (χ3v) is 7.30. The summed E-state index contributed by atoms with van der Waals surface area (Å²) in [6, 6.07) is 18.6. The van der Waals surface area contributed by atoms with E-state index in [9.17, 15) is 10.1 Å². The summed E-state index contributed by atoms with van der Waals surface area (Å²) in [5.41, 5.74) is 5.77. The van der Waals surface area contributed by atoms with Gasteiger partial charge in [0.25, 0.3) is 0 Å². The summed E-state index contributed by atoms with van der Waals surface area (Å²) in [4.78, 5) is 31.2. The smallest absolute Gasteiger partial charge is 0.349 e. The maximum absolute atomic E-state index is 12.8. The molecule has 1 aliphatic rings. The molecule has 4 heterocycles. The zero-order chi connectivity index (χ0) is 28.3. The first-order chi connectivity index (χ1) is 18.8. The molecule has 0 saturated carbocycles. The predicted molar refractivity (Wildman–Crippen MR) is 156 cm³/mol. The maximum atomic E-state index is 12.8. The topological polar surface area (TPSA) is 90.9 Å². The number of hydrogen-bond acceptors (Lipinski definition) is 7. The molecule has 0 N–H and O–H groups in total. The van der Waals surface area contributed by atoms with Gasteiger partial charge in [-0.1, -0.05) is 49.7 Å². The van der Waals surface area contributed by atoms with Gasteiger partial charge in [-0.05, 0) is 57.0 Å². The van der Waals surface area contributed by atoms with Crippen molar-refractivity contribution >= 4 is 16.9 Å². The Bertz CT molecular complexity index is 1490. The van der Waals surface area contributed by atoms with Crippen molar-refractivity contribution in [3.05, 3.63) is 93.3 Å². The van der Waals surface area contributed by atoms with Crippen molar-refractivity contribution < 1.29 is 0 Å². The zero-order valence-corrected chi connectivity index (χ0v) is 23.9. The summed E-state index contributed by atoms with van der Waals surface area (Å²) < 4.78 is 1.48. The molecule has 0 spiro atoms. The third kappa shape index (κ3) is 5.55. The van der Waals surface area contributed by atoms with Crippen LogP contribution in [0.4, 0.5) is 5.82 Å². The number of aromatic nitrogens is 4. The molecule has 3 aromatic heterocycles. The average molecular weight is 524 g/mol. The van der Waals surface area contributed by atoms with Crippen LogP contribution in [0.3, 0.4) is 0 Å². The second kappa shape index (κ2) is 11.7. The molecule has 8 nitrogen and oxygen atoms in total. The Morgan fingerprint density at radius 2 is 1.62 bits per heavy atom. The Morgan fingerprint density at radius 3 is 2.26 bits per heavy atom. The first-order valence-corrected chi connectivity index (χ1v) is 13.6. The fraction of sp³-hybridized carbons (Fsp3) is 0.387. The van der Waals surface area contributed by atoms with Crippen LogP contribution in [0.15, 0.2) is 59.5 Å². The number of anilines is 1. The summed E-state index contributed by atoms with van der Waals surface area (Å²) >= 11 is 0. The van der Waals surface area contributed by atoms with Crippen LogP contribution < -0.4 is 10.6 Å². The number of piperazine rings is 1. The Hall–Kier alpha value is -4.09. The lowest BCUT2D eigenvalue weighted by molar-refractivity contribution is 0.127. The lowest BCUT2D eigenvalue weighted by Gasteiger charge is -2.47. The van der Waals surface area contributed by atoms with Gasteiger partial charge in [-0.3, -0.25) is 14.5 Å². The van der Waals surface area contributed by atoms with Gasteiger partial charge in [-0.15, -0.1) is 0 Å². The zero-order valence-electron chi connectivity index (χ0n) is 23.9. The summed E-state index contributed by atoms with van der Waals surface area (Å²) in [6.07, 6.45) is 1.93. The second-order valence-electron chi connectivity index (χ2n) is 10.1. The molecule has 0 aliphatic carbocycles. The molecular formula is C31H37N7O. The fourth-order valence-corrected chi connectivity index (χ4v) is 5.20. The van der Waals surface area contributed by atoms with Crippen molar-refractivity contribution in [1.82, 2.24) is 24.4 Å². The third-order valence-electron chi connectivity index (χ3n) is 7.30. The quantitative estimate of drug-likeness (QED) is 0.375. The second-order valence-corrected chi connectivity index (χ2v) is 10.1. The van der Waals surface area contributed by atoms with Gasteiger partial charge in [0.05, 0.1) is 17.3 Å². The molecule has 8 heteroatoms. The number of pyridine rings is 2. The van der Waals surface area contributed by atoms with E-state index >= 15 is 0 Å². The Kier molecular flexibility index (Phi) is 8.41. The molecule has 202 valence electrons. The minimum absolute atomic E-state index is 0.00235. The number of hydrogen-bond donors (Lipinski definition) is 0. The van der Waals surface area contributed by atoms with E-state index in [2.05, 4.69) is 83.0 Å². The van der Waals surface area contributed by atoms with Gasteiger partial charge < -0.3 is 4.90 Å². The summed E-state index contributed by atoms with van der Waals surface area (Å²) in [6.45, 7) is 13.9. The van der Waals surface area contributed by atoms with E-state index in [1.807, 2.05) is 27.0 Å². The number of fused-ring (bicyclic) bond motifs is 1. The van der Waals surface area contributed by atoms with Crippen molar-refractivity contribution in [2.45, 2.75) is 59.7 Å². The SMILES string of the molecule is CC.Cc1ccc(C(c2ccc(C)cn2)N2CC(C)N(c3nc(=O)n(C)c4ccc(C#N)nc34)CC2C)cc1. The summed E-state index contributed by atoms with van der Waals surface area (Å²) in [5, 5.41) is 9.44. The largest absolute Gasteiger partial charge is 0.349 e.